The Morgan fingerprint density at radius 2 is 1.83 bits per heavy atom. The number of hydrogen-bond donors (Lipinski definition) is 1. The molecule has 18 heavy (non-hydrogen) atoms. The number of hydrogen-bond acceptors (Lipinski definition) is 1. The van der Waals surface area contributed by atoms with Crippen LogP contribution in [0.2, 0.25) is 10.0 Å². The second-order valence-electron chi connectivity index (χ2n) is 3.91. The quantitative estimate of drug-likeness (QED) is 0.878. The Hall–Kier alpha value is -1.09. The van der Waals surface area contributed by atoms with Gasteiger partial charge in [0.2, 0.25) is 0 Å². The summed E-state index contributed by atoms with van der Waals surface area (Å²) in [5, 5.41) is 4.07. The molecule has 1 nitrogen and oxygen atoms in total. The van der Waals surface area contributed by atoms with Crippen LogP contribution in [0.25, 0.3) is 0 Å². The summed E-state index contributed by atoms with van der Waals surface area (Å²) < 4.78 is 13.9. The molecule has 0 saturated carbocycles. The Labute approximate surface area is 116 Å². The number of rotatable bonds is 3. The van der Waals surface area contributed by atoms with Crippen LogP contribution in [0.1, 0.15) is 17.2 Å². The third kappa shape index (κ3) is 2.66. The maximum absolute atomic E-state index is 13.9. The molecule has 1 unspecified atom stereocenters. The van der Waals surface area contributed by atoms with Crippen LogP contribution in [0.5, 0.6) is 0 Å². The molecule has 0 bridgehead atoms. The highest BCUT2D eigenvalue weighted by Crippen LogP contribution is 2.31. The minimum Gasteiger partial charge on any atom is -0.309 e. The van der Waals surface area contributed by atoms with E-state index in [2.05, 4.69) is 5.32 Å². The van der Waals surface area contributed by atoms with E-state index in [-0.39, 0.29) is 11.9 Å². The van der Waals surface area contributed by atoms with Crippen molar-refractivity contribution in [2.45, 2.75) is 6.04 Å². The van der Waals surface area contributed by atoms with Gasteiger partial charge in [0, 0.05) is 15.6 Å². The number of benzene rings is 2. The van der Waals surface area contributed by atoms with Crippen molar-refractivity contribution in [2.75, 3.05) is 7.05 Å². The average molecular weight is 284 g/mol. The third-order valence-electron chi connectivity index (χ3n) is 2.76. The van der Waals surface area contributed by atoms with Crippen LogP contribution in [-0.2, 0) is 0 Å². The summed E-state index contributed by atoms with van der Waals surface area (Å²) in [6.45, 7) is 0. The third-order valence-corrected chi connectivity index (χ3v) is 3.32. The van der Waals surface area contributed by atoms with E-state index in [9.17, 15) is 4.39 Å². The molecule has 0 aromatic heterocycles. The maximum atomic E-state index is 13.9. The fourth-order valence-electron chi connectivity index (χ4n) is 1.95. The Morgan fingerprint density at radius 3 is 2.44 bits per heavy atom. The maximum Gasteiger partial charge on any atom is 0.129 e. The zero-order chi connectivity index (χ0) is 13.1. The molecule has 1 atom stereocenters. The van der Waals surface area contributed by atoms with Crippen molar-refractivity contribution in [1.29, 1.82) is 0 Å². The molecular weight excluding hydrogens is 272 g/mol. The summed E-state index contributed by atoms with van der Waals surface area (Å²) in [5.41, 5.74) is 1.31. The molecule has 0 aliphatic heterocycles. The molecule has 2 aromatic carbocycles. The van der Waals surface area contributed by atoms with Gasteiger partial charge in [-0.15, -0.1) is 0 Å². The summed E-state index contributed by atoms with van der Waals surface area (Å²) in [5.74, 6) is -0.332. The number of halogens is 3. The zero-order valence-corrected chi connectivity index (χ0v) is 11.3. The predicted molar refractivity (Wildman–Crippen MR) is 73.8 cm³/mol. The minimum absolute atomic E-state index is 0.322. The van der Waals surface area contributed by atoms with Crippen LogP contribution in [0.3, 0.4) is 0 Å². The van der Waals surface area contributed by atoms with Crippen molar-refractivity contribution in [1.82, 2.24) is 5.32 Å². The Kier molecular flexibility index (Phi) is 4.23. The van der Waals surface area contributed by atoms with Gasteiger partial charge in [0.15, 0.2) is 0 Å². The van der Waals surface area contributed by atoms with Gasteiger partial charge in [0.05, 0.1) is 6.04 Å². The van der Waals surface area contributed by atoms with E-state index in [4.69, 9.17) is 23.2 Å². The first-order chi connectivity index (χ1) is 8.63. The zero-order valence-electron chi connectivity index (χ0n) is 9.75. The largest absolute Gasteiger partial charge is 0.309 e. The SMILES string of the molecule is CNC(c1cccc(Cl)c1)c1c(F)cccc1Cl. The van der Waals surface area contributed by atoms with E-state index >= 15 is 0 Å². The van der Waals surface area contributed by atoms with Gasteiger partial charge in [-0.25, -0.2) is 4.39 Å². The van der Waals surface area contributed by atoms with Crippen LogP contribution in [-0.4, -0.2) is 7.05 Å². The molecule has 94 valence electrons. The van der Waals surface area contributed by atoms with Crippen molar-refractivity contribution < 1.29 is 4.39 Å². The lowest BCUT2D eigenvalue weighted by Gasteiger charge is -2.19. The smallest absolute Gasteiger partial charge is 0.129 e. The lowest BCUT2D eigenvalue weighted by Crippen LogP contribution is -2.19. The summed E-state index contributed by atoms with van der Waals surface area (Å²) >= 11 is 12.0. The van der Waals surface area contributed by atoms with Crippen molar-refractivity contribution in [3.63, 3.8) is 0 Å². The molecule has 0 amide bonds. The molecule has 0 aliphatic rings. The van der Waals surface area contributed by atoms with Gasteiger partial charge < -0.3 is 5.32 Å². The lowest BCUT2D eigenvalue weighted by molar-refractivity contribution is 0.576. The van der Waals surface area contributed by atoms with Crippen LogP contribution in [0.4, 0.5) is 4.39 Å². The van der Waals surface area contributed by atoms with Gasteiger partial charge in [-0.2, -0.15) is 0 Å². The van der Waals surface area contributed by atoms with E-state index in [0.717, 1.165) is 5.56 Å². The highest BCUT2D eigenvalue weighted by atomic mass is 35.5. The van der Waals surface area contributed by atoms with Gasteiger partial charge in [0.25, 0.3) is 0 Å². The van der Waals surface area contributed by atoms with E-state index in [1.165, 1.54) is 6.07 Å². The van der Waals surface area contributed by atoms with Gasteiger partial charge >= 0.3 is 0 Å². The summed E-state index contributed by atoms with van der Waals surface area (Å²) in [6, 6.07) is 11.6. The van der Waals surface area contributed by atoms with Crippen LogP contribution < -0.4 is 5.32 Å². The second-order valence-corrected chi connectivity index (χ2v) is 4.76. The van der Waals surface area contributed by atoms with Crippen LogP contribution in [0, 0.1) is 5.82 Å². The summed E-state index contributed by atoms with van der Waals surface area (Å²) in [7, 11) is 1.76. The van der Waals surface area contributed by atoms with E-state index in [1.807, 2.05) is 12.1 Å². The Bertz CT molecular complexity index is 537. The normalized spacial score (nSPS) is 12.4. The van der Waals surface area contributed by atoms with Crippen LogP contribution in [0.15, 0.2) is 42.5 Å². The first-order valence-electron chi connectivity index (χ1n) is 5.50. The van der Waals surface area contributed by atoms with Crippen molar-refractivity contribution in [2.24, 2.45) is 0 Å². The van der Waals surface area contributed by atoms with E-state index in [0.29, 0.717) is 15.6 Å². The summed E-state index contributed by atoms with van der Waals surface area (Å²) in [4.78, 5) is 0. The highest BCUT2D eigenvalue weighted by Gasteiger charge is 2.19. The molecule has 4 heteroatoms. The molecule has 0 saturated heterocycles. The topological polar surface area (TPSA) is 12.0 Å². The molecule has 0 aliphatic carbocycles. The molecule has 2 rings (SSSR count). The average Bonchev–Trinajstić information content (AvgIpc) is 2.34. The highest BCUT2D eigenvalue weighted by molar-refractivity contribution is 6.31. The van der Waals surface area contributed by atoms with Crippen molar-refractivity contribution in [3.05, 3.63) is 69.5 Å². The first-order valence-corrected chi connectivity index (χ1v) is 6.25. The Morgan fingerprint density at radius 1 is 1.11 bits per heavy atom. The fraction of sp³-hybridized carbons (Fsp3) is 0.143. The van der Waals surface area contributed by atoms with Crippen LogP contribution >= 0.6 is 23.2 Å². The van der Waals surface area contributed by atoms with Gasteiger partial charge in [0.1, 0.15) is 5.82 Å². The standard InChI is InChI=1S/C14H12Cl2FN/c1-18-14(9-4-2-5-10(15)8-9)13-11(16)6-3-7-12(13)17/h2-8,14,18H,1H3. The molecule has 2 aromatic rings. The Balaban J connectivity index is 2.52. The van der Waals surface area contributed by atoms with Gasteiger partial charge in [-0.1, -0.05) is 41.4 Å². The monoisotopic (exact) mass is 283 g/mol. The van der Waals surface area contributed by atoms with E-state index in [1.54, 1.807) is 31.3 Å². The van der Waals surface area contributed by atoms with Gasteiger partial charge in [-0.3, -0.25) is 0 Å². The first kappa shape index (κ1) is 13.3. The fourth-order valence-corrected chi connectivity index (χ4v) is 2.42. The molecular formula is C14H12Cl2FN. The molecule has 0 radical (unpaired) electrons. The van der Waals surface area contributed by atoms with Crippen molar-refractivity contribution in [3.8, 4) is 0 Å². The lowest BCUT2D eigenvalue weighted by atomic mass is 9.98. The summed E-state index contributed by atoms with van der Waals surface area (Å²) in [6.07, 6.45) is 0. The predicted octanol–water partition coefficient (Wildman–Crippen LogP) is 4.44. The van der Waals surface area contributed by atoms with Crippen molar-refractivity contribution >= 4 is 23.2 Å². The molecule has 0 heterocycles. The number of nitrogens with one attached hydrogen (secondary N) is 1. The van der Waals surface area contributed by atoms with Gasteiger partial charge in [-0.05, 0) is 36.9 Å². The second kappa shape index (κ2) is 5.70. The molecule has 0 spiro atoms. The van der Waals surface area contributed by atoms with E-state index < -0.39 is 0 Å². The molecule has 1 N–H and O–H groups in total. The molecule has 0 fully saturated rings. The minimum atomic E-state index is -0.332.